The van der Waals surface area contributed by atoms with Gasteiger partial charge in [-0.1, -0.05) is 12.1 Å². The molecule has 5 rings (SSSR count). The van der Waals surface area contributed by atoms with E-state index in [1.807, 2.05) is 46.3 Å². The number of benzene rings is 1. The summed E-state index contributed by atoms with van der Waals surface area (Å²) in [6, 6.07) is 10.4. The standard InChI is InChI=1S/C23H26N4O3S2/c1-26(17-5-9-29-10-6-17)7-11-30-18-4-2-3-16(13-18)15-24-21(28)20-14-19-22(32-20)25-23-27(19)8-12-31-23/h2-4,8,12-14,17H,5-7,9-11,15H2,1H3,(H,24,28). The van der Waals surface area contributed by atoms with Crippen molar-refractivity contribution in [3.63, 3.8) is 0 Å². The molecule has 1 aliphatic heterocycles. The summed E-state index contributed by atoms with van der Waals surface area (Å²) in [7, 11) is 2.15. The van der Waals surface area contributed by atoms with Gasteiger partial charge in [0.05, 0.1) is 10.4 Å². The zero-order chi connectivity index (χ0) is 21.9. The summed E-state index contributed by atoms with van der Waals surface area (Å²) in [5.41, 5.74) is 1.99. The second-order valence-electron chi connectivity index (χ2n) is 7.97. The summed E-state index contributed by atoms with van der Waals surface area (Å²) in [4.78, 5) is 22.1. The lowest BCUT2D eigenvalue weighted by Crippen LogP contribution is -2.38. The number of likely N-dealkylation sites (N-methyl/N-ethyl adjacent to an activating group) is 1. The molecule has 0 bridgehead atoms. The van der Waals surface area contributed by atoms with E-state index < -0.39 is 0 Å². The molecule has 4 heterocycles. The van der Waals surface area contributed by atoms with Gasteiger partial charge in [-0.15, -0.1) is 22.7 Å². The Morgan fingerprint density at radius 3 is 3.09 bits per heavy atom. The van der Waals surface area contributed by atoms with Crippen molar-refractivity contribution in [3.8, 4) is 5.75 Å². The first-order valence-electron chi connectivity index (χ1n) is 10.8. The van der Waals surface area contributed by atoms with Crippen LogP contribution in [-0.2, 0) is 11.3 Å². The van der Waals surface area contributed by atoms with E-state index in [1.165, 1.54) is 11.3 Å². The molecule has 9 heteroatoms. The Kier molecular flexibility index (Phi) is 6.40. The fourth-order valence-corrected chi connectivity index (χ4v) is 5.71. The summed E-state index contributed by atoms with van der Waals surface area (Å²) < 4.78 is 13.4. The Balaban J connectivity index is 1.13. The van der Waals surface area contributed by atoms with Crippen molar-refractivity contribution < 1.29 is 14.3 Å². The molecule has 1 saturated heterocycles. The molecule has 7 nitrogen and oxygen atoms in total. The molecule has 3 aromatic heterocycles. The molecule has 1 fully saturated rings. The van der Waals surface area contributed by atoms with E-state index in [9.17, 15) is 4.79 Å². The molecule has 0 radical (unpaired) electrons. The van der Waals surface area contributed by atoms with Crippen LogP contribution in [0.2, 0.25) is 0 Å². The van der Waals surface area contributed by atoms with E-state index in [0.29, 0.717) is 24.1 Å². The number of imidazole rings is 1. The normalized spacial score (nSPS) is 15.1. The van der Waals surface area contributed by atoms with Crippen LogP contribution in [0.4, 0.5) is 0 Å². The lowest BCUT2D eigenvalue weighted by atomic mass is 10.1. The van der Waals surface area contributed by atoms with Crippen molar-refractivity contribution in [1.82, 2.24) is 19.6 Å². The number of thiophene rings is 1. The first kappa shape index (κ1) is 21.4. The molecule has 32 heavy (non-hydrogen) atoms. The van der Waals surface area contributed by atoms with Gasteiger partial charge in [0.15, 0.2) is 4.96 Å². The lowest BCUT2D eigenvalue weighted by Gasteiger charge is -2.31. The van der Waals surface area contributed by atoms with Crippen molar-refractivity contribution in [3.05, 3.63) is 52.3 Å². The quantitative estimate of drug-likeness (QED) is 0.421. The summed E-state index contributed by atoms with van der Waals surface area (Å²) in [5.74, 6) is 0.744. The largest absolute Gasteiger partial charge is 0.492 e. The molecular formula is C23H26N4O3S2. The average molecular weight is 471 g/mol. The molecular weight excluding hydrogens is 444 g/mol. The van der Waals surface area contributed by atoms with Crippen molar-refractivity contribution in [2.75, 3.05) is 33.4 Å². The summed E-state index contributed by atoms with van der Waals surface area (Å²) in [5, 5.41) is 5.01. The Morgan fingerprint density at radius 1 is 1.34 bits per heavy atom. The van der Waals surface area contributed by atoms with Crippen LogP contribution in [0.15, 0.2) is 41.9 Å². The van der Waals surface area contributed by atoms with Gasteiger partial charge in [0.1, 0.15) is 17.2 Å². The minimum atomic E-state index is -0.0820. The maximum atomic E-state index is 12.7. The van der Waals surface area contributed by atoms with Crippen LogP contribution < -0.4 is 10.1 Å². The van der Waals surface area contributed by atoms with Crippen molar-refractivity contribution >= 4 is 43.9 Å². The van der Waals surface area contributed by atoms with Crippen molar-refractivity contribution in [2.45, 2.75) is 25.4 Å². The molecule has 1 N–H and O–H groups in total. The highest BCUT2D eigenvalue weighted by atomic mass is 32.1. The molecule has 1 aliphatic rings. The molecule has 0 atom stereocenters. The van der Waals surface area contributed by atoms with Gasteiger partial charge in [-0.2, -0.15) is 0 Å². The van der Waals surface area contributed by atoms with Gasteiger partial charge < -0.3 is 14.8 Å². The highest BCUT2D eigenvalue weighted by Gasteiger charge is 2.18. The minimum Gasteiger partial charge on any atom is -0.492 e. The van der Waals surface area contributed by atoms with Gasteiger partial charge in [0, 0.05) is 43.9 Å². The minimum absolute atomic E-state index is 0.0820. The number of thiazole rings is 1. The van der Waals surface area contributed by atoms with Gasteiger partial charge in [0.25, 0.3) is 5.91 Å². The molecule has 0 saturated carbocycles. The number of fused-ring (bicyclic) bond motifs is 3. The number of ether oxygens (including phenoxy) is 2. The number of carbonyl (C=O) groups excluding carboxylic acids is 1. The second kappa shape index (κ2) is 9.58. The van der Waals surface area contributed by atoms with E-state index in [-0.39, 0.29) is 5.91 Å². The van der Waals surface area contributed by atoms with Gasteiger partial charge in [0.2, 0.25) is 0 Å². The number of carbonyl (C=O) groups is 1. The van der Waals surface area contributed by atoms with Crippen LogP contribution in [0.1, 0.15) is 28.1 Å². The molecule has 1 amide bonds. The first-order chi connectivity index (χ1) is 15.7. The Morgan fingerprint density at radius 2 is 2.22 bits per heavy atom. The van der Waals surface area contributed by atoms with Gasteiger partial charge in [-0.25, -0.2) is 4.98 Å². The molecule has 0 spiro atoms. The maximum absolute atomic E-state index is 12.7. The predicted octanol–water partition coefficient (Wildman–Crippen LogP) is 4.03. The summed E-state index contributed by atoms with van der Waals surface area (Å²) >= 11 is 3.02. The van der Waals surface area contributed by atoms with Crippen molar-refractivity contribution in [1.29, 1.82) is 0 Å². The van der Waals surface area contributed by atoms with Gasteiger partial charge >= 0.3 is 0 Å². The average Bonchev–Trinajstić information content (AvgIpc) is 3.51. The number of aromatic nitrogens is 2. The lowest BCUT2D eigenvalue weighted by molar-refractivity contribution is 0.0392. The monoisotopic (exact) mass is 470 g/mol. The maximum Gasteiger partial charge on any atom is 0.261 e. The third-order valence-corrected chi connectivity index (χ3v) is 7.62. The smallest absolute Gasteiger partial charge is 0.261 e. The summed E-state index contributed by atoms with van der Waals surface area (Å²) in [6.07, 6.45) is 4.15. The number of rotatable bonds is 8. The second-order valence-corrected chi connectivity index (χ2v) is 9.87. The molecule has 168 valence electrons. The number of amides is 1. The van der Waals surface area contributed by atoms with E-state index in [4.69, 9.17) is 9.47 Å². The van der Waals surface area contributed by atoms with Crippen LogP contribution in [0.25, 0.3) is 15.3 Å². The number of hydrogen-bond acceptors (Lipinski definition) is 7. The SMILES string of the molecule is CN(CCOc1cccc(CNC(=O)c2cc3c(nc4sccn43)s2)c1)C1CCOCC1. The third-order valence-electron chi connectivity index (χ3n) is 5.84. The van der Waals surface area contributed by atoms with E-state index in [1.54, 1.807) is 11.3 Å². The van der Waals surface area contributed by atoms with Crippen LogP contribution >= 0.6 is 22.7 Å². The highest BCUT2D eigenvalue weighted by molar-refractivity contribution is 7.21. The van der Waals surface area contributed by atoms with Crippen LogP contribution in [0.5, 0.6) is 5.75 Å². The first-order valence-corrected chi connectivity index (χ1v) is 12.5. The zero-order valence-corrected chi connectivity index (χ0v) is 19.6. The molecule has 0 aliphatic carbocycles. The van der Waals surface area contributed by atoms with E-state index >= 15 is 0 Å². The Labute approximate surface area is 194 Å². The Bertz CT molecular complexity index is 1210. The van der Waals surface area contributed by atoms with Crippen LogP contribution in [-0.4, -0.2) is 59.6 Å². The summed E-state index contributed by atoms with van der Waals surface area (Å²) in [6.45, 7) is 3.66. The predicted molar refractivity (Wildman–Crippen MR) is 128 cm³/mol. The number of nitrogens with one attached hydrogen (secondary N) is 1. The number of nitrogens with zero attached hydrogens (tertiary/aromatic N) is 3. The zero-order valence-electron chi connectivity index (χ0n) is 18.0. The number of hydrogen-bond donors (Lipinski definition) is 1. The van der Waals surface area contributed by atoms with Crippen molar-refractivity contribution in [2.24, 2.45) is 0 Å². The topological polar surface area (TPSA) is 68.1 Å². The van der Waals surface area contributed by atoms with E-state index in [2.05, 4.69) is 22.2 Å². The van der Waals surface area contributed by atoms with Gasteiger partial charge in [-0.3, -0.25) is 14.1 Å². The highest BCUT2D eigenvalue weighted by Crippen LogP contribution is 2.28. The van der Waals surface area contributed by atoms with Crippen LogP contribution in [0.3, 0.4) is 0 Å². The fraction of sp³-hybridized carbons (Fsp3) is 0.391. The molecule has 0 unspecified atom stereocenters. The molecule has 1 aromatic carbocycles. The Hall–Kier alpha value is -2.46. The van der Waals surface area contributed by atoms with Gasteiger partial charge in [-0.05, 0) is 43.7 Å². The van der Waals surface area contributed by atoms with E-state index in [0.717, 1.165) is 59.2 Å². The van der Waals surface area contributed by atoms with Crippen LogP contribution in [0, 0.1) is 0 Å². The molecule has 4 aromatic rings. The third kappa shape index (κ3) is 4.66. The fourth-order valence-electron chi connectivity index (χ4n) is 3.99.